The molecule has 0 saturated heterocycles. The van der Waals surface area contributed by atoms with Crippen LogP contribution in [0.15, 0.2) is 42.5 Å². The van der Waals surface area contributed by atoms with Crippen molar-refractivity contribution in [2.45, 2.75) is 0 Å². The fourth-order valence-corrected chi connectivity index (χ4v) is 2.99. The van der Waals surface area contributed by atoms with Gasteiger partial charge in [0.25, 0.3) is 0 Å². The van der Waals surface area contributed by atoms with E-state index in [1.807, 2.05) is 36.4 Å². The SMILES string of the molecule is O=C1NC(=O)c2c1ccc(-c1ccccc1)c2[SeH]. The van der Waals surface area contributed by atoms with Gasteiger partial charge in [-0.15, -0.1) is 0 Å². The zero-order valence-corrected chi connectivity index (χ0v) is 11.2. The molecule has 3 rings (SSSR count). The molecule has 0 atom stereocenters. The van der Waals surface area contributed by atoms with Crippen molar-refractivity contribution in [1.82, 2.24) is 5.32 Å². The third-order valence-corrected chi connectivity index (χ3v) is 3.94. The van der Waals surface area contributed by atoms with Gasteiger partial charge in [0.2, 0.25) is 0 Å². The third kappa shape index (κ3) is 1.58. The molecule has 0 fully saturated rings. The first-order valence-corrected chi connectivity index (χ1v) is 6.39. The summed E-state index contributed by atoms with van der Waals surface area (Å²) in [5.41, 5.74) is 2.92. The minimum atomic E-state index is -0.318. The molecule has 3 nitrogen and oxygen atoms in total. The molecule has 18 heavy (non-hydrogen) atoms. The number of rotatable bonds is 1. The Morgan fingerprint density at radius 3 is 2.22 bits per heavy atom. The van der Waals surface area contributed by atoms with Crippen LogP contribution in [0.1, 0.15) is 20.7 Å². The molecule has 0 bridgehead atoms. The van der Waals surface area contributed by atoms with Gasteiger partial charge in [-0.2, -0.15) is 0 Å². The molecule has 2 amide bonds. The van der Waals surface area contributed by atoms with Crippen molar-refractivity contribution >= 4 is 32.3 Å². The molecule has 4 heteroatoms. The number of benzene rings is 2. The van der Waals surface area contributed by atoms with Gasteiger partial charge in [0, 0.05) is 0 Å². The number of imide groups is 1. The quantitative estimate of drug-likeness (QED) is 0.624. The van der Waals surface area contributed by atoms with Crippen LogP contribution in [0.4, 0.5) is 0 Å². The average molecular weight is 302 g/mol. The van der Waals surface area contributed by atoms with Gasteiger partial charge in [0.05, 0.1) is 0 Å². The van der Waals surface area contributed by atoms with E-state index in [-0.39, 0.29) is 11.8 Å². The predicted molar refractivity (Wildman–Crippen MR) is 70.5 cm³/mol. The first-order chi connectivity index (χ1) is 8.68. The van der Waals surface area contributed by atoms with E-state index in [0.717, 1.165) is 15.6 Å². The molecule has 1 aliphatic heterocycles. The Hall–Kier alpha value is -1.90. The average Bonchev–Trinajstić information content (AvgIpc) is 2.67. The minimum absolute atomic E-state index is 0.316. The van der Waals surface area contributed by atoms with Gasteiger partial charge in [-0.3, -0.25) is 0 Å². The fraction of sp³-hybridized carbons (Fsp3) is 0. The number of hydrogen-bond donors (Lipinski definition) is 1. The monoisotopic (exact) mass is 303 g/mol. The van der Waals surface area contributed by atoms with Crippen LogP contribution in [-0.4, -0.2) is 27.8 Å². The summed E-state index contributed by atoms with van der Waals surface area (Å²) in [4.78, 5) is 23.3. The summed E-state index contributed by atoms with van der Waals surface area (Å²) in [7, 11) is 0. The van der Waals surface area contributed by atoms with Gasteiger partial charge in [-0.05, 0) is 0 Å². The molecule has 0 unspecified atom stereocenters. The number of carbonyl (C=O) groups excluding carboxylic acids is 2. The normalized spacial score (nSPS) is 13.4. The van der Waals surface area contributed by atoms with Crippen LogP contribution in [0.2, 0.25) is 0 Å². The molecule has 88 valence electrons. The van der Waals surface area contributed by atoms with Gasteiger partial charge < -0.3 is 0 Å². The Bertz CT molecular complexity index is 665. The molecule has 0 saturated carbocycles. The maximum atomic E-state index is 11.7. The van der Waals surface area contributed by atoms with Crippen molar-refractivity contribution in [3.8, 4) is 11.1 Å². The summed E-state index contributed by atoms with van der Waals surface area (Å²) in [5.74, 6) is -0.634. The summed E-state index contributed by atoms with van der Waals surface area (Å²) in [6.45, 7) is 0. The molecule has 0 radical (unpaired) electrons. The van der Waals surface area contributed by atoms with Crippen molar-refractivity contribution < 1.29 is 9.59 Å². The predicted octanol–water partition coefficient (Wildman–Crippen LogP) is 0.763. The number of fused-ring (bicyclic) bond motifs is 1. The van der Waals surface area contributed by atoms with Gasteiger partial charge in [-0.25, -0.2) is 0 Å². The summed E-state index contributed by atoms with van der Waals surface area (Å²) in [5, 5.41) is 2.31. The van der Waals surface area contributed by atoms with E-state index in [1.54, 1.807) is 6.07 Å². The topological polar surface area (TPSA) is 46.2 Å². The Balaban J connectivity index is 2.24. The molecule has 1 N–H and O–H groups in total. The van der Waals surface area contributed by atoms with E-state index in [2.05, 4.69) is 21.3 Å². The summed E-state index contributed by atoms with van der Waals surface area (Å²) >= 11 is 2.39. The van der Waals surface area contributed by atoms with Crippen molar-refractivity contribution in [3.05, 3.63) is 53.6 Å². The van der Waals surface area contributed by atoms with E-state index >= 15 is 0 Å². The van der Waals surface area contributed by atoms with E-state index in [0.29, 0.717) is 11.1 Å². The fourth-order valence-electron chi connectivity index (χ4n) is 2.09. The molecule has 2 aromatic carbocycles. The summed E-state index contributed by atoms with van der Waals surface area (Å²) in [6.07, 6.45) is 0. The molecule has 1 heterocycles. The number of nitrogens with one attached hydrogen (secondary N) is 1. The van der Waals surface area contributed by atoms with Crippen LogP contribution in [0.25, 0.3) is 11.1 Å². The van der Waals surface area contributed by atoms with Gasteiger partial charge >= 0.3 is 112 Å². The van der Waals surface area contributed by atoms with Crippen LogP contribution < -0.4 is 9.78 Å². The van der Waals surface area contributed by atoms with Crippen molar-refractivity contribution in [2.24, 2.45) is 0 Å². The van der Waals surface area contributed by atoms with Crippen molar-refractivity contribution in [3.63, 3.8) is 0 Å². The third-order valence-electron chi connectivity index (χ3n) is 2.96. The Kier molecular flexibility index (Phi) is 2.54. The Morgan fingerprint density at radius 1 is 0.833 bits per heavy atom. The van der Waals surface area contributed by atoms with E-state index in [9.17, 15) is 9.59 Å². The van der Waals surface area contributed by atoms with Crippen LogP contribution >= 0.6 is 0 Å². The Labute approximate surface area is 112 Å². The van der Waals surface area contributed by atoms with Gasteiger partial charge in [0.1, 0.15) is 0 Å². The first-order valence-electron chi connectivity index (χ1n) is 5.45. The van der Waals surface area contributed by atoms with Crippen molar-refractivity contribution in [2.75, 3.05) is 0 Å². The molecular weight excluding hydrogens is 293 g/mol. The van der Waals surface area contributed by atoms with E-state index in [1.165, 1.54) is 0 Å². The molecule has 1 aliphatic rings. The number of hydrogen-bond acceptors (Lipinski definition) is 2. The molecular formula is C14H9NO2Se. The first kappa shape index (κ1) is 11.2. The molecule has 0 aromatic heterocycles. The van der Waals surface area contributed by atoms with Crippen LogP contribution in [-0.2, 0) is 0 Å². The molecule has 0 aliphatic carbocycles. The zero-order valence-electron chi connectivity index (χ0n) is 9.31. The van der Waals surface area contributed by atoms with Crippen LogP contribution in [0.3, 0.4) is 0 Å². The number of carbonyl (C=O) groups is 2. The second kappa shape index (κ2) is 4.09. The van der Waals surface area contributed by atoms with Crippen LogP contribution in [0.5, 0.6) is 0 Å². The maximum absolute atomic E-state index is 11.7. The molecule has 2 aromatic rings. The van der Waals surface area contributed by atoms with E-state index in [4.69, 9.17) is 0 Å². The standard InChI is InChI=1S/C14H9NO2Se/c16-13-10-7-6-9(8-4-2-1-3-5-8)12(18)11(10)14(17)15-13/h1-7,18H,(H,15,16,17). The summed E-state index contributed by atoms with van der Waals surface area (Å²) in [6, 6.07) is 13.4. The van der Waals surface area contributed by atoms with Crippen molar-refractivity contribution in [1.29, 1.82) is 0 Å². The van der Waals surface area contributed by atoms with E-state index < -0.39 is 0 Å². The summed E-state index contributed by atoms with van der Waals surface area (Å²) < 4.78 is 0.787. The second-order valence-electron chi connectivity index (χ2n) is 4.03. The zero-order chi connectivity index (χ0) is 12.7. The van der Waals surface area contributed by atoms with Crippen LogP contribution in [0, 0.1) is 0 Å². The van der Waals surface area contributed by atoms with Gasteiger partial charge in [-0.1, -0.05) is 0 Å². The second-order valence-corrected chi connectivity index (χ2v) is 4.97. The van der Waals surface area contributed by atoms with Gasteiger partial charge in [0.15, 0.2) is 0 Å². The number of amides is 2. The molecule has 0 spiro atoms. The Morgan fingerprint density at radius 2 is 1.50 bits per heavy atom.